The maximum atomic E-state index is 12.9. The molecule has 0 aliphatic rings. The summed E-state index contributed by atoms with van der Waals surface area (Å²) in [5, 5.41) is 5.94. The van der Waals surface area contributed by atoms with Crippen LogP contribution in [0.25, 0.3) is 0 Å². The van der Waals surface area contributed by atoms with Gasteiger partial charge in [-0.2, -0.15) is 18.3 Å². The van der Waals surface area contributed by atoms with Crippen molar-refractivity contribution in [3.8, 4) is 5.75 Å². The highest BCUT2D eigenvalue weighted by atomic mass is 35.5. The summed E-state index contributed by atoms with van der Waals surface area (Å²) in [5.74, 6) is 0.521. The van der Waals surface area contributed by atoms with Crippen molar-refractivity contribution in [3.05, 3.63) is 81.1 Å². The first kappa shape index (κ1) is 24.6. The highest BCUT2D eigenvalue weighted by Gasteiger charge is 2.38. The molecule has 0 bridgehead atoms. The normalized spacial score (nSPS) is 11.5. The van der Waals surface area contributed by atoms with Crippen LogP contribution in [0, 0.1) is 20.8 Å². The molecule has 0 unspecified atom stereocenters. The number of amides is 1. The van der Waals surface area contributed by atoms with Gasteiger partial charge in [0.05, 0.1) is 10.7 Å². The van der Waals surface area contributed by atoms with Crippen LogP contribution in [0.4, 0.5) is 13.2 Å². The Morgan fingerprint density at radius 3 is 2.58 bits per heavy atom. The maximum absolute atomic E-state index is 12.9. The van der Waals surface area contributed by atoms with Crippen LogP contribution in [-0.2, 0) is 19.3 Å². The molecule has 1 aromatic heterocycles. The number of halogens is 4. The Bertz CT molecular complexity index is 1140. The van der Waals surface area contributed by atoms with Gasteiger partial charge in [0.25, 0.3) is 5.91 Å². The quantitative estimate of drug-likeness (QED) is 0.410. The second-order valence-corrected chi connectivity index (χ2v) is 8.21. The average Bonchev–Trinajstić information content (AvgIpc) is 3.05. The number of carbonyl (C=O) groups excluding carboxylic acids is 1. The standard InChI is InChI=1S/C24H25ClF3N3O2/c1-15-8-9-20(16(2)12-15)33-14-18-6-4-7-19(13-18)23(32)29-10-5-11-31-17(3)21(25)22(30-31)24(26,27)28/h4,6-9,12-13H,5,10-11,14H2,1-3H3,(H,29,32). The Morgan fingerprint density at radius 2 is 1.91 bits per heavy atom. The summed E-state index contributed by atoms with van der Waals surface area (Å²) in [6, 6.07) is 13.1. The molecule has 9 heteroatoms. The number of nitrogens with zero attached hydrogens (tertiary/aromatic N) is 2. The van der Waals surface area contributed by atoms with E-state index in [1.807, 2.05) is 38.1 Å². The molecule has 0 radical (unpaired) electrons. The summed E-state index contributed by atoms with van der Waals surface area (Å²) in [7, 11) is 0. The SMILES string of the molecule is Cc1ccc(OCc2cccc(C(=O)NCCCn3nc(C(F)(F)F)c(Cl)c3C)c2)c(C)c1. The zero-order valence-corrected chi connectivity index (χ0v) is 19.3. The molecule has 1 N–H and O–H groups in total. The van der Waals surface area contributed by atoms with Crippen molar-refractivity contribution in [3.63, 3.8) is 0 Å². The molecule has 0 saturated heterocycles. The van der Waals surface area contributed by atoms with Gasteiger partial charge in [-0.3, -0.25) is 9.48 Å². The van der Waals surface area contributed by atoms with E-state index in [1.165, 1.54) is 11.6 Å². The monoisotopic (exact) mass is 479 g/mol. The molecule has 5 nitrogen and oxygen atoms in total. The van der Waals surface area contributed by atoms with Gasteiger partial charge < -0.3 is 10.1 Å². The van der Waals surface area contributed by atoms with Crippen molar-refractivity contribution in [2.45, 2.75) is 46.5 Å². The minimum Gasteiger partial charge on any atom is -0.489 e. The van der Waals surface area contributed by atoms with E-state index in [4.69, 9.17) is 16.3 Å². The summed E-state index contributed by atoms with van der Waals surface area (Å²) >= 11 is 5.75. The van der Waals surface area contributed by atoms with E-state index in [2.05, 4.69) is 10.4 Å². The maximum Gasteiger partial charge on any atom is 0.436 e. The highest BCUT2D eigenvalue weighted by Crippen LogP contribution is 2.35. The van der Waals surface area contributed by atoms with Crippen LogP contribution < -0.4 is 10.1 Å². The number of rotatable bonds is 8. The lowest BCUT2D eigenvalue weighted by Crippen LogP contribution is -2.25. The molecular formula is C24H25ClF3N3O2. The Morgan fingerprint density at radius 1 is 1.15 bits per heavy atom. The number of nitrogens with one attached hydrogen (secondary N) is 1. The average molecular weight is 480 g/mol. The lowest BCUT2D eigenvalue weighted by molar-refractivity contribution is -0.141. The molecular weight excluding hydrogens is 455 g/mol. The number of alkyl halides is 3. The van der Waals surface area contributed by atoms with E-state index in [-0.39, 0.29) is 24.7 Å². The third kappa shape index (κ3) is 6.28. The number of aromatic nitrogens is 2. The van der Waals surface area contributed by atoms with Gasteiger partial charge >= 0.3 is 6.18 Å². The fourth-order valence-electron chi connectivity index (χ4n) is 3.38. The van der Waals surface area contributed by atoms with Crippen molar-refractivity contribution < 1.29 is 22.7 Å². The Kier molecular flexibility index (Phi) is 7.68. The smallest absolute Gasteiger partial charge is 0.436 e. The van der Waals surface area contributed by atoms with E-state index >= 15 is 0 Å². The van der Waals surface area contributed by atoms with E-state index in [0.29, 0.717) is 18.6 Å². The number of benzene rings is 2. The van der Waals surface area contributed by atoms with Crippen molar-refractivity contribution >= 4 is 17.5 Å². The topological polar surface area (TPSA) is 56.1 Å². The Balaban J connectivity index is 1.52. The summed E-state index contributed by atoms with van der Waals surface area (Å²) in [6.45, 7) is 6.28. The second-order valence-electron chi connectivity index (χ2n) is 7.84. The predicted octanol–water partition coefficient (Wildman–Crippen LogP) is 5.88. The van der Waals surface area contributed by atoms with E-state index in [0.717, 1.165) is 22.4 Å². The first-order valence-corrected chi connectivity index (χ1v) is 10.8. The van der Waals surface area contributed by atoms with Gasteiger partial charge in [0.1, 0.15) is 12.4 Å². The summed E-state index contributed by atoms with van der Waals surface area (Å²) in [5.41, 5.74) is 2.68. The molecule has 0 spiro atoms. The van der Waals surface area contributed by atoms with Crippen molar-refractivity contribution in [2.24, 2.45) is 0 Å². The number of ether oxygens (including phenoxy) is 1. The number of carbonyl (C=O) groups is 1. The lowest BCUT2D eigenvalue weighted by atomic mass is 10.1. The Hall–Kier alpha value is -3.00. The van der Waals surface area contributed by atoms with E-state index < -0.39 is 16.9 Å². The molecule has 1 amide bonds. The van der Waals surface area contributed by atoms with Gasteiger partial charge in [-0.1, -0.05) is 41.4 Å². The van der Waals surface area contributed by atoms with Crippen LogP contribution in [0.5, 0.6) is 5.75 Å². The molecule has 0 saturated carbocycles. The zero-order chi connectivity index (χ0) is 24.2. The van der Waals surface area contributed by atoms with Crippen molar-refractivity contribution in [1.82, 2.24) is 15.1 Å². The summed E-state index contributed by atoms with van der Waals surface area (Å²) in [4.78, 5) is 12.5. The molecule has 0 fully saturated rings. The van der Waals surface area contributed by atoms with E-state index in [1.54, 1.807) is 18.2 Å². The summed E-state index contributed by atoms with van der Waals surface area (Å²) in [6.07, 6.45) is -4.20. The summed E-state index contributed by atoms with van der Waals surface area (Å²) < 4.78 is 45.8. The van der Waals surface area contributed by atoms with Crippen molar-refractivity contribution in [1.29, 1.82) is 0 Å². The van der Waals surface area contributed by atoms with Crippen LogP contribution in [0.15, 0.2) is 42.5 Å². The van der Waals surface area contributed by atoms with Crippen LogP contribution >= 0.6 is 11.6 Å². The van der Waals surface area contributed by atoms with Crippen LogP contribution in [0.2, 0.25) is 5.02 Å². The largest absolute Gasteiger partial charge is 0.489 e. The van der Waals surface area contributed by atoms with Gasteiger partial charge in [0.2, 0.25) is 0 Å². The first-order valence-electron chi connectivity index (χ1n) is 10.4. The van der Waals surface area contributed by atoms with Gasteiger partial charge in [0.15, 0.2) is 5.69 Å². The number of hydrogen-bond donors (Lipinski definition) is 1. The second kappa shape index (κ2) is 10.3. The fraction of sp³-hybridized carbons (Fsp3) is 0.333. The van der Waals surface area contributed by atoms with Crippen molar-refractivity contribution in [2.75, 3.05) is 6.54 Å². The van der Waals surface area contributed by atoms with Gasteiger partial charge in [0, 0.05) is 18.7 Å². The highest BCUT2D eigenvalue weighted by molar-refractivity contribution is 6.31. The molecule has 0 aliphatic heterocycles. The molecule has 0 atom stereocenters. The minimum absolute atomic E-state index is 0.200. The third-order valence-corrected chi connectivity index (χ3v) is 5.60. The molecule has 2 aromatic carbocycles. The predicted molar refractivity (Wildman–Crippen MR) is 121 cm³/mol. The first-order chi connectivity index (χ1) is 15.6. The zero-order valence-electron chi connectivity index (χ0n) is 18.6. The van der Waals surface area contributed by atoms with Gasteiger partial charge in [-0.25, -0.2) is 0 Å². The van der Waals surface area contributed by atoms with Gasteiger partial charge in [-0.05, 0) is 56.5 Å². The fourth-order valence-corrected chi connectivity index (χ4v) is 3.62. The molecule has 3 aromatic rings. The van der Waals surface area contributed by atoms with Crippen LogP contribution in [-0.4, -0.2) is 22.2 Å². The third-order valence-electron chi connectivity index (χ3n) is 5.15. The molecule has 33 heavy (non-hydrogen) atoms. The molecule has 0 aliphatic carbocycles. The number of aryl methyl sites for hydroxylation is 3. The van der Waals surface area contributed by atoms with Gasteiger partial charge in [-0.15, -0.1) is 0 Å². The number of hydrogen-bond acceptors (Lipinski definition) is 3. The van der Waals surface area contributed by atoms with E-state index in [9.17, 15) is 18.0 Å². The minimum atomic E-state index is -4.60. The molecule has 3 rings (SSSR count). The lowest BCUT2D eigenvalue weighted by Gasteiger charge is -2.11. The Labute approximate surface area is 195 Å². The molecule has 176 valence electrons. The molecule has 1 heterocycles. The van der Waals surface area contributed by atoms with Crippen LogP contribution in [0.3, 0.4) is 0 Å². The van der Waals surface area contributed by atoms with Crippen LogP contribution in [0.1, 0.15) is 44.9 Å².